The molecule has 2 aliphatic rings. The summed E-state index contributed by atoms with van der Waals surface area (Å²) in [6, 6.07) is 33.2. The van der Waals surface area contributed by atoms with Gasteiger partial charge < -0.3 is 10.2 Å². The highest BCUT2D eigenvalue weighted by Crippen LogP contribution is 2.27. The molecule has 2 fully saturated rings. The average molecular weight is 746 g/mol. The molecule has 1 unspecified atom stereocenters. The normalized spacial score (nSPS) is 16.9. The van der Waals surface area contributed by atoms with Crippen LogP contribution in [0.3, 0.4) is 0 Å². The van der Waals surface area contributed by atoms with Crippen LogP contribution in [0.4, 0.5) is 5.69 Å². The molecule has 1 amide bonds. The maximum absolute atomic E-state index is 13.2. The Bertz CT molecular complexity index is 1880. The minimum absolute atomic E-state index is 0.0111. The molecule has 1 atom stereocenters. The zero-order valence-corrected chi connectivity index (χ0v) is 31.1. The topological polar surface area (TPSA) is 102 Å². The Morgan fingerprint density at radius 1 is 0.824 bits per heavy atom. The Balaban J connectivity index is 0.959. The Labute approximate surface area is 310 Å². The minimum atomic E-state index is -4.02. The van der Waals surface area contributed by atoms with Gasteiger partial charge in [-0.2, -0.15) is 12.7 Å². The van der Waals surface area contributed by atoms with Crippen molar-refractivity contribution < 1.29 is 18.0 Å². The van der Waals surface area contributed by atoms with Crippen molar-refractivity contribution in [1.29, 1.82) is 0 Å². The van der Waals surface area contributed by atoms with Gasteiger partial charge in [0, 0.05) is 78.8 Å². The fraction of sp³-hybridized carbons (Fsp3) is 0.333. The van der Waals surface area contributed by atoms with Gasteiger partial charge in [0.15, 0.2) is 0 Å². The van der Waals surface area contributed by atoms with Gasteiger partial charge in [0.2, 0.25) is 0 Å². The monoisotopic (exact) mass is 745 g/mol. The molecule has 6 rings (SSSR count). The number of carbonyl (C=O) groups excluding carboxylic acids is 2. The number of ketones is 1. The fourth-order valence-electron chi connectivity index (χ4n) is 6.57. The summed E-state index contributed by atoms with van der Waals surface area (Å²) < 4.78 is 29.9. The first-order valence-corrected chi connectivity index (χ1v) is 20.1. The second-order valence-electron chi connectivity index (χ2n) is 13.0. The molecule has 268 valence electrons. The van der Waals surface area contributed by atoms with E-state index < -0.39 is 16.1 Å². The lowest BCUT2D eigenvalue weighted by Crippen LogP contribution is -2.52. The van der Waals surface area contributed by atoms with Crippen LogP contribution in [-0.2, 0) is 21.5 Å². The average Bonchev–Trinajstić information content (AvgIpc) is 3.15. The number of amides is 1. The van der Waals surface area contributed by atoms with Gasteiger partial charge in [0.05, 0.1) is 6.04 Å². The maximum atomic E-state index is 13.2. The van der Waals surface area contributed by atoms with E-state index in [2.05, 4.69) is 56.2 Å². The third kappa shape index (κ3) is 10.0. The third-order valence-corrected chi connectivity index (χ3v) is 12.4. The Hall–Kier alpha value is -3.71. The van der Waals surface area contributed by atoms with Crippen molar-refractivity contribution in [3.8, 4) is 11.1 Å². The summed E-state index contributed by atoms with van der Waals surface area (Å²) in [6.07, 6.45) is 1.09. The molecule has 0 radical (unpaired) electrons. The molecular formula is C39H44ClN5O4S2. The van der Waals surface area contributed by atoms with Crippen molar-refractivity contribution in [1.82, 2.24) is 19.2 Å². The molecule has 4 aromatic rings. The first-order valence-electron chi connectivity index (χ1n) is 17.3. The molecule has 0 aliphatic carbocycles. The molecule has 9 nitrogen and oxygen atoms in total. The van der Waals surface area contributed by atoms with Crippen molar-refractivity contribution in [3.05, 3.63) is 119 Å². The SMILES string of the molecule is CC(=O)C(CSc1ccccc1)NC1CCN(S(=O)(=O)NC(=O)c2ccc(N3CCN(Cc4ccccc4-c4ccc(Cl)cc4)CC3)cc2)CC1. The second kappa shape index (κ2) is 17.2. The van der Waals surface area contributed by atoms with Crippen LogP contribution in [0.1, 0.15) is 35.7 Å². The summed E-state index contributed by atoms with van der Waals surface area (Å²) in [6.45, 7) is 6.41. The molecule has 2 N–H and O–H groups in total. The molecule has 12 heteroatoms. The van der Waals surface area contributed by atoms with E-state index in [1.54, 1.807) is 30.8 Å². The molecule has 2 aliphatic heterocycles. The first kappa shape index (κ1) is 37.1. The van der Waals surface area contributed by atoms with Crippen LogP contribution in [0.15, 0.2) is 108 Å². The summed E-state index contributed by atoms with van der Waals surface area (Å²) in [7, 11) is -4.02. The Morgan fingerprint density at radius 2 is 1.47 bits per heavy atom. The number of piperazine rings is 1. The summed E-state index contributed by atoms with van der Waals surface area (Å²) in [5, 5.41) is 4.15. The Kier molecular flexibility index (Phi) is 12.5. The standard InChI is InChI=1S/C39H44ClN5O4S2/c1-29(46)38(28-50-36-8-3-2-4-9-36)41-34-19-21-45(22-20-34)51(48,49)42-39(47)31-13-17-35(18-14-31)44-25-23-43(24-26-44)27-32-7-5-6-10-37(32)30-11-15-33(40)16-12-30/h2-18,34,38,41H,19-28H2,1H3,(H,42,47). The molecule has 0 bridgehead atoms. The molecule has 4 aromatic carbocycles. The highest BCUT2D eigenvalue weighted by atomic mass is 35.5. The van der Waals surface area contributed by atoms with Gasteiger partial charge in [-0.15, -0.1) is 11.8 Å². The van der Waals surface area contributed by atoms with Crippen LogP contribution < -0.4 is 14.9 Å². The quantitative estimate of drug-likeness (QED) is 0.158. The van der Waals surface area contributed by atoms with Crippen LogP contribution in [0.25, 0.3) is 11.1 Å². The van der Waals surface area contributed by atoms with Crippen LogP contribution in [0.2, 0.25) is 5.02 Å². The van der Waals surface area contributed by atoms with E-state index in [0.717, 1.165) is 53.9 Å². The number of piperidine rings is 1. The summed E-state index contributed by atoms with van der Waals surface area (Å²) in [4.78, 5) is 31.2. The van der Waals surface area contributed by atoms with Crippen molar-refractivity contribution >= 4 is 50.9 Å². The molecule has 0 saturated carbocycles. The number of thioether (sulfide) groups is 1. The van der Waals surface area contributed by atoms with Crippen LogP contribution in [0, 0.1) is 0 Å². The predicted octanol–water partition coefficient (Wildman–Crippen LogP) is 6.11. The van der Waals surface area contributed by atoms with E-state index in [1.165, 1.54) is 15.4 Å². The molecule has 51 heavy (non-hydrogen) atoms. The largest absolute Gasteiger partial charge is 0.369 e. The van der Waals surface area contributed by atoms with E-state index in [4.69, 9.17) is 11.6 Å². The van der Waals surface area contributed by atoms with E-state index in [-0.39, 0.29) is 36.5 Å². The summed E-state index contributed by atoms with van der Waals surface area (Å²) in [5.41, 5.74) is 4.92. The van der Waals surface area contributed by atoms with Crippen LogP contribution >= 0.6 is 23.4 Å². The lowest BCUT2D eigenvalue weighted by atomic mass is 9.99. The number of hydrogen-bond donors (Lipinski definition) is 2. The number of Topliss-reactive ketones (excluding diaryl/α,β-unsaturated/α-hetero) is 1. The molecule has 0 aromatic heterocycles. The summed E-state index contributed by atoms with van der Waals surface area (Å²) in [5.74, 6) is 0.00553. The molecular weight excluding hydrogens is 702 g/mol. The Morgan fingerprint density at radius 3 is 2.14 bits per heavy atom. The van der Waals surface area contributed by atoms with Crippen LogP contribution in [-0.4, -0.2) is 86.4 Å². The minimum Gasteiger partial charge on any atom is -0.369 e. The van der Waals surface area contributed by atoms with Gasteiger partial charge in [-0.3, -0.25) is 14.5 Å². The first-order chi connectivity index (χ1) is 24.6. The van der Waals surface area contributed by atoms with Crippen LogP contribution in [0.5, 0.6) is 0 Å². The third-order valence-electron chi connectivity index (χ3n) is 9.54. The van der Waals surface area contributed by atoms with Crippen molar-refractivity contribution in [2.45, 2.75) is 43.3 Å². The number of anilines is 1. The maximum Gasteiger partial charge on any atom is 0.304 e. The van der Waals surface area contributed by atoms with Gasteiger partial charge in [0.25, 0.3) is 5.91 Å². The number of benzene rings is 4. The van der Waals surface area contributed by atoms with E-state index in [9.17, 15) is 18.0 Å². The molecule has 2 saturated heterocycles. The van der Waals surface area contributed by atoms with Crippen molar-refractivity contribution in [2.75, 3.05) is 49.9 Å². The number of hydrogen-bond acceptors (Lipinski definition) is 8. The number of nitrogens with one attached hydrogen (secondary N) is 2. The number of rotatable bonds is 13. The summed E-state index contributed by atoms with van der Waals surface area (Å²) >= 11 is 7.73. The molecule has 2 heterocycles. The van der Waals surface area contributed by atoms with E-state index in [0.29, 0.717) is 18.6 Å². The highest BCUT2D eigenvalue weighted by molar-refractivity contribution is 7.99. The predicted molar refractivity (Wildman–Crippen MR) is 207 cm³/mol. The zero-order chi connectivity index (χ0) is 35.8. The van der Waals surface area contributed by atoms with Gasteiger partial charge >= 0.3 is 10.2 Å². The number of nitrogens with zero attached hydrogens (tertiary/aromatic N) is 3. The number of carbonyl (C=O) groups is 2. The zero-order valence-electron chi connectivity index (χ0n) is 28.7. The van der Waals surface area contributed by atoms with Gasteiger partial charge in [-0.25, -0.2) is 4.72 Å². The van der Waals surface area contributed by atoms with E-state index in [1.807, 2.05) is 54.6 Å². The van der Waals surface area contributed by atoms with E-state index >= 15 is 0 Å². The van der Waals surface area contributed by atoms with Gasteiger partial charge in [-0.1, -0.05) is 66.2 Å². The molecule has 0 spiro atoms. The smallest absolute Gasteiger partial charge is 0.304 e. The van der Waals surface area contributed by atoms with Crippen molar-refractivity contribution in [2.24, 2.45) is 0 Å². The lowest BCUT2D eigenvalue weighted by molar-refractivity contribution is -0.118. The fourth-order valence-corrected chi connectivity index (χ4v) is 8.90. The van der Waals surface area contributed by atoms with Crippen molar-refractivity contribution in [3.63, 3.8) is 0 Å². The second-order valence-corrected chi connectivity index (χ2v) is 16.2. The van der Waals surface area contributed by atoms with Gasteiger partial charge in [0.1, 0.15) is 5.78 Å². The number of halogens is 1. The van der Waals surface area contributed by atoms with Gasteiger partial charge in [-0.05, 0) is 85.0 Å². The highest BCUT2D eigenvalue weighted by Gasteiger charge is 2.31. The lowest BCUT2D eigenvalue weighted by Gasteiger charge is -2.36.